The van der Waals surface area contributed by atoms with Gasteiger partial charge in [0.1, 0.15) is 0 Å². The van der Waals surface area contributed by atoms with Gasteiger partial charge in [-0.15, -0.1) is 0 Å². The van der Waals surface area contributed by atoms with Crippen LogP contribution in [0.1, 0.15) is 30.0 Å². The van der Waals surface area contributed by atoms with Gasteiger partial charge in [0, 0.05) is 17.3 Å². The first-order chi connectivity index (χ1) is 9.19. The Kier molecular flexibility index (Phi) is 4.86. The van der Waals surface area contributed by atoms with Crippen molar-refractivity contribution in [2.45, 2.75) is 33.2 Å². The Morgan fingerprint density at radius 2 is 1.79 bits per heavy atom. The average molecular weight is 274 g/mol. The first kappa shape index (κ1) is 14.0. The Hall–Kier alpha value is -1.47. The van der Waals surface area contributed by atoms with Gasteiger partial charge in [-0.1, -0.05) is 43.1 Å². The molecule has 0 saturated heterocycles. The molecule has 0 aliphatic heterocycles. The quantitative estimate of drug-likeness (QED) is 0.788. The molecule has 0 aliphatic rings. The fourth-order valence-corrected chi connectivity index (χ4v) is 2.36. The van der Waals surface area contributed by atoms with Crippen LogP contribution in [0, 0.1) is 6.92 Å². The summed E-state index contributed by atoms with van der Waals surface area (Å²) in [6, 6.07) is 14.7. The molecule has 0 saturated carbocycles. The topological polar surface area (TPSA) is 12.0 Å². The fourth-order valence-electron chi connectivity index (χ4n) is 2.13. The molecule has 100 valence electrons. The van der Waals surface area contributed by atoms with E-state index >= 15 is 0 Å². The molecule has 0 unspecified atom stereocenters. The van der Waals surface area contributed by atoms with Crippen molar-refractivity contribution in [3.05, 3.63) is 64.2 Å². The van der Waals surface area contributed by atoms with Gasteiger partial charge in [0.15, 0.2) is 0 Å². The lowest BCUT2D eigenvalue weighted by molar-refractivity contribution is 0.922. The lowest BCUT2D eigenvalue weighted by Crippen LogP contribution is -2.01. The SMILES string of the molecule is CCCc1ccc(NCc2ccc(Cl)cc2C)cc1. The zero-order valence-electron chi connectivity index (χ0n) is 11.5. The van der Waals surface area contributed by atoms with Gasteiger partial charge in [-0.05, 0) is 54.3 Å². The van der Waals surface area contributed by atoms with Crippen LogP contribution < -0.4 is 5.32 Å². The number of anilines is 1. The molecule has 2 aromatic rings. The van der Waals surface area contributed by atoms with Crippen molar-refractivity contribution in [2.24, 2.45) is 0 Å². The van der Waals surface area contributed by atoms with Crippen LogP contribution in [0.4, 0.5) is 5.69 Å². The Balaban J connectivity index is 1.98. The van der Waals surface area contributed by atoms with Crippen LogP contribution in [0.15, 0.2) is 42.5 Å². The van der Waals surface area contributed by atoms with Crippen LogP contribution in [0.5, 0.6) is 0 Å². The number of hydrogen-bond acceptors (Lipinski definition) is 1. The van der Waals surface area contributed by atoms with Gasteiger partial charge in [0.25, 0.3) is 0 Å². The Bertz CT molecular complexity index is 531. The predicted octanol–water partition coefficient (Wildman–Crippen LogP) is 5.21. The van der Waals surface area contributed by atoms with E-state index in [1.54, 1.807) is 0 Å². The van der Waals surface area contributed by atoms with Crippen LogP contribution in [-0.2, 0) is 13.0 Å². The van der Waals surface area contributed by atoms with E-state index in [9.17, 15) is 0 Å². The van der Waals surface area contributed by atoms with E-state index in [4.69, 9.17) is 11.6 Å². The molecule has 0 aliphatic carbocycles. The maximum Gasteiger partial charge on any atom is 0.0408 e. The second-order valence-electron chi connectivity index (χ2n) is 4.87. The van der Waals surface area contributed by atoms with Crippen LogP contribution in [-0.4, -0.2) is 0 Å². The fraction of sp³-hybridized carbons (Fsp3) is 0.294. The van der Waals surface area contributed by atoms with Gasteiger partial charge < -0.3 is 5.32 Å². The first-order valence-electron chi connectivity index (χ1n) is 6.77. The zero-order chi connectivity index (χ0) is 13.7. The maximum absolute atomic E-state index is 5.96. The molecule has 0 amide bonds. The number of nitrogens with one attached hydrogen (secondary N) is 1. The summed E-state index contributed by atoms with van der Waals surface area (Å²) in [4.78, 5) is 0. The van der Waals surface area contributed by atoms with Crippen molar-refractivity contribution in [1.29, 1.82) is 0 Å². The molecule has 2 aromatic carbocycles. The second-order valence-corrected chi connectivity index (χ2v) is 5.31. The molecule has 2 rings (SSSR count). The summed E-state index contributed by atoms with van der Waals surface area (Å²) in [5.41, 5.74) is 5.06. The van der Waals surface area contributed by atoms with E-state index in [0.29, 0.717) is 0 Å². The highest BCUT2D eigenvalue weighted by atomic mass is 35.5. The van der Waals surface area contributed by atoms with Crippen molar-refractivity contribution in [1.82, 2.24) is 0 Å². The summed E-state index contributed by atoms with van der Waals surface area (Å²) < 4.78 is 0. The second kappa shape index (κ2) is 6.63. The standard InChI is InChI=1S/C17H20ClN/c1-3-4-14-5-9-17(10-6-14)19-12-15-7-8-16(18)11-13(15)2/h5-11,19H,3-4,12H2,1-2H3. The van der Waals surface area contributed by atoms with E-state index < -0.39 is 0 Å². The van der Waals surface area contributed by atoms with E-state index in [-0.39, 0.29) is 0 Å². The highest BCUT2D eigenvalue weighted by molar-refractivity contribution is 6.30. The third kappa shape index (κ3) is 4.00. The number of halogens is 1. The number of benzene rings is 2. The van der Waals surface area contributed by atoms with E-state index in [2.05, 4.69) is 49.5 Å². The Morgan fingerprint density at radius 1 is 1.05 bits per heavy atom. The minimum atomic E-state index is 0.796. The van der Waals surface area contributed by atoms with E-state index in [1.165, 1.54) is 23.1 Å². The van der Waals surface area contributed by atoms with Crippen LogP contribution in [0.25, 0.3) is 0 Å². The van der Waals surface area contributed by atoms with Crippen molar-refractivity contribution >= 4 is 17.3 Å². The van der Waals surface area contributed by atoms with E-state index in [1.807, 2.05) is 12.1 Å². The molecule has 0 atom stereocenters. The van der Waals surface area contributed by atoms with Crippen LogP contribution >= 0.6 is 11.6 Å². The Labute approximate surface area is 120 Å². The summed E-state index contributed by atoms with van der Waals surface area (Å²) in [6.45, 7) is 5.12. The number of rotatable bonds is 5. The molecule has 19 heavy (non-hydrogen) atoms. The summed E-state index contributed by atoms with van der Waals surface area (Å²) >= 11 is 5.96. The summed E-state index contributed by atoms with van der Waals surface area (Å²) in [6.07, 6.45) is 2.34. The highest BCUT2D eigenvalue weighted by Gasteiger charge is 1.99. The molecular formula is C17H20ClN. The third-order valence-electron chi connectivity index (χ3n) is 3.28. The number of hydrogen-bond donors (Lipinski definition) is 1. The monoisotopic (exact) mass is 273 g/mol. The zero-order valence-corrected chi connectivity index (χ0v) is 12.3. The van der Waals surface area contributed by atoms with Crippen LogP contribution in [0.2, 0.25) is 5.02 Å². The molecule has 0 radical (unpaired) electrons. The van der Waals surface area contributed by atoms with Crippen LogP contribution in [0.3, 0.4) is 0 Å². The normalized spacial score (nSPS) is 10.5. The average Bonchev–Trinajstić information content (AvgIpc) is 2.40. The molecule has 2 heteroatoms. The van der Waals surface area contributed by atoms with Gasteiger partial charge in [0.05, 0.1) is 0 Å². The van der Waals surface area contributed by atoms with E-state index in [0.717, 1.165) is 23.7 Å². The molecule has 0 fully saturated rings. The van der Waals surface area contributed by atoms with Gasteiger partial charge in [-0.3, -0.25) is 0 Å². The minimum Gasteiger partial charge on any atom is -0.381 e. The highest BCUT2D eigenvalue weighted by Crippen LogP contribution is 2.17. The Morgan fingerprint density at radius 3 is 2.42 bits per heavy atom. The minimum absolute atomic E-state index is 0.796. The predicted molar refractivity (Wildman–Crippen MR) is 84.0 cm³/mol. The van der Waals surface area contributed by atoms with Crippen molar-refractivity contribution in [3.63, 3.8) is 0 Å². The maximum atomic E-state index is 5.96. The molecule has 0 spiro atoms. The van der Waals surface area contributed by atoms with Crippen molar-refractivity contribution in [2.75, 3.05) is 5.32 Å². The summed E-state index contributed by atoms with van der Waals surface area (Å²) in [7, 11) is 0. The molecule has 1 nitrogen and oxygen atoms in total. The van der Waals surface area contributed by atoms with Gasteiger partial charge in [-0.2, -0.15) is 0 Å². The summed E-state index contributed by atoms with van der Waals surface area (Å²) in [5.74, 6) is 0. The molecule has 0 aromatic heterocycles. The summed E-state index contributed by atoms with van der Waals surface area (Å²) in [5, 5.41) is 4.24. The molecular weight excluding hydrogens is 254 g/mol. The molecule has 0 heterocycles. The molecule has 1 N–H and O–H groups in total. The smallest absolute Gasteiger partial charge is 0.0408 e. The van der Waals surface area contributed by atoms with Crippen molar-refractivity contribution in [3.8, 4) is 0 Å². The van der Waals surface area contributed by atoms with Gasteiger partial charge in [-0.25, -0.2) is 0 Å². The third-order valence-corrected chi connectivity index (χ3v) is 3.52. The van der Waals surface area contributed by atoms with Crippen molar-refractivity contribution < 1.29 is 0 Å². The lowest BCUT2D eigenvalue weighted by Gasteiger charge is -2.10. The largest absolute Gasteiger partial charge is 0.381 e. The molecule has 0 bridgehead atoms. The lowest BCUT2D eigenvalue weighted by atomic mass is 10.1. The van der Waals surface area contributed by atoms with Gasteiger partial charge in [0.2, 0.25) is 0 Å². The van der Waals surface area contributed by atoms with Gasteiger partial charge >= 0.3 is 0 Å². The number of aryl methyl sites for hydroxylation is 2. The first-order valence-corrected chi connectivity index (χ1v) is 7.14.